The molecule has 4 rings (SSSR count). The number of carbonyl (C=O) groups excluding carboxylic acids is 1. The number of Topliss-reactive ketones (excluding diaryl/α,β-unsaturated/α-hetero) is 1. The van der Waals surface area contributed by atoms with Crippen LogP contribution in [-0.2, 0) is 0 Å². The Morgan fingerprint density at radius 1 is 1.12 bits per heavy atom. The Labute approximate surface area is 191 Å². The van der Waals surface area contributed by atoms with Gasteiger partial charge in [0.1, 0.15) is 5.82 Å². The van der Waals surface area contributed by atoms with Crippen LogP contribution >= 0.6 is 0 Å². The summed E-state index contributed by atoms with van der Waals surface area (Å²) in [7, 11) is 0. The number of rotatable bonds is 6. The van der Waals surface area contributed by atoms with E-state index >= 15 is 0 Å². The fraction of sp³-hybridized carbons (Fsp3) is 0.720. The highest BCUT2D eigenvalue weighted by atomic mass is 16.4. The third-order valence-electron chi connectivity index (χ3n) is 7.57. The molecule has 2 bridgehead atoms. The van der Waals surface area contributed by atoms with Gasteiger partial charge in [0, 0.05) is 41.8 Å². The maximum atomic E-state index is 12.7. The fourth-order valence-electron chi connectivity index (χ4n) is 6.08. The number of ketones is 1. The lowest BCUT2D eigenvalue weighted by atomic mass is 9.91. The predicted molar refractivity (Wildman–Crippen MR) is 125 cm³/mol. The van der Waals surface area contributed by atoms with Gasteiger partial charge in [0.05, 0.1) is 0 Å². The molecular formula is C25H38N4O3. The molecule has 7 heteroatoms. The Morgan fingerprint density at radius 2 is 1.78 bits per heavy atom. The number of hydrogen-bond donors (Lipinski definition) is 2. The van der Waals surface area contributed by atoms with E-state index in [-0.39, 0.29) is 11.8 Å². The molecule has 2 atom stereocenters. The number of fused-ring (bicyclic) bond motifs is 2. The van der Waals surface area contributed by atoms with Crippen LogP contribution in [0.5, 0.6) is 0 Å². The first kappa shape index (κ1) is 23.0. The summed E-state index contributed by atoms with van der Waals surface area (Å²) in [4.78, 5) is 33.3. The van der Waals surface area contributed by atoms with Crippen LogP contribution in [-0.4, -0.2) is 63.6 Å². The average molecular weight is 443 g/mol. The SMILES string of the molecule is CC(C)(C)N(C(=O)O)C1CC2CCC(C1)N2c1ccc(C(=O)CCC2CCNCC2)cn1. The van der Waals surface area contributed by atoms with Gasteiger partial charge in [0.25, 0.3) is 0 Å². The Morgan fingerprint density at radius 3 is 2.31 bits per heavy atom. The maximum absolute atomic E-state index is 12.7. The minimum atomic E-state index is -0.833. The van der Waals surface area contributed by atoms with E-state index in [4.69, 9.17) is 0 Å². The smallest absolute Gasteiger partial charge is 0.407 e. The van der Waals surface area contributed by atoms with Crippen molar-refractivity contribution in [2.75, 3.05) is 18.0 Å². The maximum Gasteiger partial charge on any atom is 0.407 e. The van der Waals surface area contributed by atoms with E-state index in [9.17, 15) is 14.7 Å². The van der Waals surface area contributed by atoms with E-state index in [1.807, 2.05) is 32.9 Å². The molecule has 0 aromatic carbocycles. The quantitative estimate of drug-likeness (QED) is 0.638. The summed E-state index contributed by atoms with van der Waals surface area (Å²) in [5.74, 6) is 1.76. The number of carbonyl (C=O) groups is 2. The first-order valence-electron chi connectivity index (χ1n) is 12.2. The molecule has 2 unspecified atom stereocenters. The molecular weight excluding hydrogens is 404 g/mol. The van der Waals surface area contributed by atoms with Gasteiger partial charge in [0.15, 0.2) is 5.78 Å². The van der Waals surface area contributed by atoms with E-state index in [1.165, 1.54) is 0 Å². The van der Waals surface area contributed by atoms with Gasteiger partial charge in [-0.3, -0.25) is 4.79 Å². The summed E-state index contributed by atoms with van der Waals surface area (Å²) in [5.41, 5.74) is 0.293. The normalized spacial score (nSPS) is 26.2. The van der Waals surface area contributed by atoms with Gasteiger partial charge in [-0.15, -0.1) is 0 Å². The van der Waals surface area contributed by atoms with E-state index in [0.29, 0.717) is 30.0 Å². The molecule has 176 valence electrons. The van der Waals surface area contributed by atoms with Crippen LogP contribution in [0.25, 0.3) is 0 Å². The van der Waals surface area contributed by atoms with Gasteiger partial charge in [-0.05, 0) is 96.9 Å². The summed E-state index contributed by atoms with van der Waals surface area (Å²) < 4.78 is 0. The molecule has 1 amide bonds. The molecule has 3 saturated heterocycles. The van der Waals surface area contributed by atoms with Crippen molar-refractivity contribution in [3.8, 4) is 0 Å². The number of nitrogens with zero attached hydrogens (tertiary/aromatic N) is 3. The standard InChI is InChI=1S/C25H38N4O3/c1-25(2,3)29(24(31)32)21-14-19-6-7-20(15-21)28(19)23-9-5-18(16-27-23)22(30)8-4-17-10-12-26-13-11-17/h5,9,16-17,19-21,26H,4,6-8,10-15H2,1-3H3,(H,31,32). The number of carboxylic acid groups (broad SMARTS) is 1. The highest BCUT2D eigenvalue weighted by Crippen LogP contribution is 2.41. The van der Waals surface area contributed by atoms with Crippen molar-refractivity contribution in [2.45, 2.75) is 95.8 Å². The molecule has 0 aliphatic carbocycles. The summed E-state index contributed by atoms with van der Waals surface area (Å²) in [6.07, 6.45) is 8.60. The third kappa shape index (κ3) is 4.92. The lowest BCUT2D eigenvalue weighted by Gasteiger charge is -2.47. The molecule has 3 aliphatic rings. The Hall–Kier alpha value is -2.15. The zero-order chi connectivity index (χ0) is 22.9. The fourth-order valence-corrected chi connectivity index (χ4v) is 6.08. The van der Waals surface area contributed by atoms with Crippen molar-refractivity contribution < 1.29 is 14.7 Å². The Balaban J connectivity index is 1.38. The highest BCUT2D eigenvalue weighted by Gasteiger charge is 2.46. The zero-order valence-electron chi connectivity index (χ0n) is 19.7. The number of piperidine rings is 2. The molecule has 32 heavy (non-hydrogen) atoms. The number of anilines is 1. The first-order valence-corrected chi connectivity index (χ1v) is 12.2. The molecule has 3 fully saturated rings. The minimum absolute atomic E-state index is 0.0390. The largest absolute Gasteiger partial charge is 0.465 e. The molecule has 1 aromatic rings. The van der Waals surface area contributed by atoms with Gasteiger partial charge in [0.2, 0.25) is 0 Å². The summed E-state index contributed by atoms with van der Waals surface area (Å²) >= 11 is 0. The molecule has 3 aliphatic heterocycles. The van der Waals surface area contributed by atoms with Crippen LogP contribution in [0.15, 0.2) is 18.3 Å². The molecule has 7 nitrogen and oxygen atoms in total. The van der Waals surface area contributed by atoms with Crippen molar-refractivity contribution >= 4 is 17.7 Å². The Bertz CT molecular complexity index is 799. The van der Waals surface area contributed by atoms with Crippen molar-refractivity contribution in [1.82, 2.24) is 15.2 Å². The monoisotopic (exact) mass is 442 g/mol. The number of aromatic nitrogens is 1. The van der Waals surface area contributed by atoms with Crippen molar-refractivity contribution in [3.05, 3.63) is 23.9 Å². The third-order valence-corrected chi connectivity index (χ3v) is 7.57. The van der Waals surface area contributed by atoms with Gasteiger partial charge >= 0.3 is 6.09 Å². The van der Waals surface area contributed by atoms with Crippen molar-refractivity contribution in [1.29, 1.82) is 0 Å². The van der Waals surface area contributed by atoms with Crippen molar-refractivity contribution in [3.63, 3.8) is 0 Å². The van der Waals surface area contributed by atoms with Gasteiger partial charge in [-0.1, -0.05) is 0 Å². The van der Waals surface area contributed by atoms with Gasteiger partial charge in [-0.25, -0.2) is 9.78 Å². The van der Waals surface area contributed by atoms with Crippen molar-refractivity contribution in [2.24, 2.45) is 5.92 Å². The second-order valence-corrected chi connectivity index (χ2v) is 10.8. The van der Waals surface area contributed by atoms with Crippen LogP contribution in [0.2, 0.25) is 0 Å². The van der Waals surface area contributed by atoms with E-state index < -0.39 is 11.6 Å². The molecule has 0 radical (unpaired) electrons. The molecule has 2 N–H and O–H groups in total. The van der Waals surface area contributed by atoms with Gasteiger partial charge in [-0.2, -0.15) is 0 Å². The molecule has 0 spiro atoms. The summed E-state index contributed by atoms with van der Waals surface area (Å²) in [6.45, 7) is 8.04. The van der Waals surface area contributed by atoms with Gasteiger partial charge < -0.3 is 20.2 Å². The van der Waals surface area contributed by atoms with Crippen LogP contribution in [0.4, 0.5) is 10.6 Å². The van der Waals surface area contributed by atoms with Crippen LogP contribution in [0.1, 0.15) is 82.5 Å². The summed E-state index contributed by atoms with van der Waals surface area (Å²) in [5, 5.41) is 13.2. The predicted octanol–water partition coefficient (Wildman–Crippen LogP) is 4.32. The van der Waals surface area contributed by atoms with Crippen LogP contribution < -0.4 is 10.2 Å². The van der Waals surface area contributed by atoms with Crippen LogP contribution in [0, 0.1) is 5.92 Å². The van der Waals surface area contributed by atoms with E-state index in [0.717, 1.165) is 63.9 Å². The van der Waals surface area contributed by atoms with E-state index in [1.54, 1.807) is 11.1 Å². The second kappa shape index (κ2) is 9.38. The average Bonchev–Trinajstić information content (AvgIpc) is 3.01. The number of nitrogens with one attached hydrogen (secondary N) is 1. The first-order chi connectivity index (χ1) is 15.2. The summed E-state index contributed by atoms with van der Waals surface area (Å²) in [6, 6.07) is 4.56. The topological polar surface area (TPSA) is 85.8 Å². The molecule has 0 saturated carbocycles. The lowest BCUT2D eigenvalue weighted by molar-refractivity contribution is 0.0558. The molecule has 4 heterocycles. The second-order valence-electron chi connectivity index (χ2n) is 10.8. The number of pyridine rings is 1. The molecule has 1 aromatic heterocycles. The number of amides is 1. The Kier molecular flexibility index (Phi) is 6.75. The zero-order valence-corrected chi connectivity index (χ0v) is 19.7. The van der Waals surface area contributed by atoms with Crippen LogP contribution in [0.3, 0.4) is 0 Å². The lowest BCUT2D eigenvalue weighted by Crippen LogP contribution is -2.57. The highest BCUT2D eigenvalue weighted by molar-refractivity contribution is 5.95. The van der Waals surface area contributed by atoms with E-state index in [2.05, 4.69) is 15.2 Å². The number of hydrogen-bond acceptors (Lipinski definition) is 5. The minimum Gasteiger partial charge on any atom is -0.465 e.